The molecule has 0 N–H and O–H groups in total. The molecule has 5 unspecified atom stereocenters. The normalized spacial score (nSPS) is 51.8. The molecule has 5 aliphatic carbocycles. The molecule has 0 amide bonds. The minimum absolute atomic E-state index is 0.157. The Bertz CT molecular complexity index is 532. The highest BCUT2D eigenvalue weighted by atomic mass is 16.5. The molecule has 0 heterocycles. The maximum absolute atomic E-state index is 13.5. The summed E-state index contributed by atoms with van der Waals surface area (Å²) in [6, 6.07) is 0. The first-order valence-corrected chi connectivity index (χ1v) is 10.8. The molecule has 4 bridgehead atoms. The van der Waals surface area contributed by atoms with Crippen LogP contribution >= 0.6 is 0 Å². The third kappa shape index (κ3) is 3.06. The molecule has 25 heavy (non-hydrogen) atoms. The zero-order valence-electron chi connectivity index (χ0n) is 17.1. The summed E-state index contributed by atoms with van der Waals surface area (Å²) in [5.74, 6) is 2.79. The Morgan fingerprint density at radius 1 is 1.00 bits per heavy atom. The zero-order chi connectivity index (χ0) is 18.0. The Morgan fingerprint density at radius 2 is 1.64 bits per heavy atom. The van der Waals surface area contributed by atoms with E-state index in [9.17, 15) is 4.79 Å². The van der Waals surface area contributed by atoms with Crippen molar-refractivity contribution in [1.29, 1.82) is 0 Å². The number of hydrogen-bond donors (Lipinski definition) is 0. The highest BCUT2D eigenvalue weighted by molar-refractivity contribution is 5.78. The molecule has 0 aromatic heterocycles. The third-order valence-corrected chi connectivity index (χ3v) is 8.28. The van der Waals surface area contributed by atoms with Gasteiger partial charge in [0.2, 0.25) is 0 Å². The summed E-state index contributed by atoms with van der Waals surface area (Å²) in [4.78, 5) is 13.5. The molecule has 5 rings (SSSR count). The Morgan fingerprint density at radius 3 is 2.20 bits per heavy atom. The first-order chi connectivity index (χ1) is 11.6. The van der Waals surface area contributed by atoms with Gasteiger partial charge in [-0.3, -0.25) is 4.79 Å². The molecule has 0 aliphatic heterocycles. The van der Waals surface area contributed by atoms with Crippen molar-refractivity contribution in [3.8, 4) is 0 Å². The van der Waals surface area contributed by atoms with Crippen LogP contribution in [0.5, 0.6) is 0 Å². The van der Waals surface area contributed by atoms with Crippen LogP contribution in [0.25, 0.3) is 0 Å². The highest BCUT2D eigenvalue weighted by Crippen LogP contribution is 2.69. The fourth-order valence-corrected chi connectivity index (χ4v) is 8.19. The Balaban J connectivity index is 1.54. The maximum Gasteiger partial charge on any atom is 0.312 e. The summed E-state index contributed by atoms with van der Waals surface area (Å²) in [5, 5.41) is 0. The molecule has 5 fully saturated rings. The predicted molar refractivity (Wildman–Crippen MR) is 101 cm³/mol. The molecule has 5 atom stereocenters. The van der Waals surface area contributed by atoms with E-state index in [0.29, 0.717) is 28.6 Å². The van der Waals surface area contributed by atoms with Gasteiger partial charge in [0.15, 0.2) is 0 Å². The summed E-state index contributed by atoms with van der Waals surface area (Å²) < 4.78 is 6.37. The van der Waals surface area contributed by atoms with Crippen LogP contribution in [0.3, 0.4) is 0 Å². The quantitative estimate of drug-likeness (QED) is 0.587. The van der Waals surface area contributed by atoms with Gasteiger partial charge in [0.25, 0.3) is 0 Å². The fraction of sp³-hybridized carbons (Fsp3) is 0.957. The van der Waals surface area contributed by atoms with Crippen LogP contribution < -0.4 is 0 Å². The summed E-state index contributed by atoms with van der Waals surface area (Å²) in [7, 11) is 0. The Labute approximate surface area is 154 Å². The molecular weight excluding hydrogens is 308 g/mol. The van der Waals surface area contributed by atoms with E-state index in [1.54, 1.807) is 0 Å². The molecule has 0 radical (unpaired) electrons. The Hall–Kier alpha value is -0.530. The van der Waals surface area contributed by atoms with Gasteiger partial charge in [-0.15, -0.1) is 0 Å². The molecule has 0 aromatic rings. The smallest absolute Gasteiger partial charge is 0.312 e. The van der Waals surface area contributed by atoms with E-state index in [1.807, 2.05) is 0 Å². The molecule has 142 valence electrons. The van der Waals surface area contributed by atoms with E-state index in [2.05, 4.69) is 34.6 Å². The molecular formula is C23H38O2. The lowest BCUT2D eigenvalue weighted by Crippen LogP contribution is -2.58. The largest absolute Gasteiger partial charge is 0.462 e. The van der Waals surface area contributed by atoms with Crippen molar-refractivity contribution in [3.63, 3.8) is 0 Å². The number of carbonyl (C=O) groups is 1. The van der Waals surface area contributed by atoms with Gasteiger partial charge in [-0.05, 0) is 85.9 Å². The molecule has 2 nitrogen and oxygen atoms in total. The van der Waals surface area contributed by atoms with Crippen LogP contribution in [0.4, 0.5) is 0 Å². The standard InChI is InChI=1S/C23H38O2/c1-15(2)18-7-6-16(3)8-19(18)25-20(24)23-11-17-9-21(4,13-23)12-22(5,10-17)14-23/h15-19H,6-14H2,1-5H3. The second kappa shape index (κ2) is 5.73. The van der Waals surface area contributed by atoms with Crippen LogP contribution in [0.1, 0.15) is 92.4 Å². The lowest BCUT2D eigenvalue weighted by molar-refractivity contribution is -0.200. The zero-order valence-corrected chi connectivity index (χ0v) is 17.1. The van der Waals surface area contributed by atoms with E-state index in [0.717, 1.165) is 31.6 Å². The van der Waals surface area contributed by atoms with E-state index in [1.165, 1.54) is 32.1 Å². The van der Waals surface area contributed by atoms with Crippen LogP contribution in [0, 0.1) is 39.9 Å². The molecule has 5 aliphatic rings. The van der Waals surface area contributed by atoms with Crippen molar-refractivity contribution in [1.82, 2.24) is 0 Å². The average Bonchev–Trinajstić information content (AvgIpc) is 2.42. The lowest BCUT2D eigenvalue weighted by Gasteiger charge is -2.64. The Kier molecular flexibility index (Phi) is 4.10. The topological polar surface area (TPSA) is 26.3 Å². The van der Waals surface area contributed by atoms with Crippen molar-refractivity contribution in [3.05, 3.63) is 0 Å². The average molecular weight is 347 g/mol. The number of ether oxygens (including phenoxy) is 1. The van der Waals surface area contributed by atoms with Gasteiger partial charge in [-0.1, -0.05) is 41.0 Å². The van der Waals surface area contributed by atoms with Crippen LogP contribution in [-0.4, -0.2) is 12.1 Å². The second-order valence-corrected chi connectivity index (χ2v) is 11.7. The van der Waals surface area contributed by atoms with E-state index in [4.69, 9.17) is 4.74 Å². The lowest BCUT2D eigenvalue weighted by atomic mass is 9.40. The molecule has 5 saturated carbocycles. The molecule has 2 heteroatoms. The van der Waals surface area contributed by atoms with Crippen LogP contribution in [0.15, 0.2) is 0 Å². The summed E-state index contributed by atoms with van der Waals surface area (Å²) in [5.41, 5.74) is 0.597. The monoisotopic (exact) mass is 346 g/mol. The van der Waals surface area contributed by atoms with Gasteiger partial charge >= 0.3 is 5.97 Å². The van der Waals surface area contributed by atoms with Gasteiger partial charge < -0.3 is 4.74 Å². The molecule has 0 aromatic carbocycles. The second-order valence-electron chi connectivity index (χ2n) is 11.7. The number of carbonyl (C=O) groups excluding carboxylic acids is 1. The van der Waals surface area contributed by atoms with E-state index >= 15 is 0 Å². The molecule has 0 saturated heterocycles. The van der Waals surface area contributed by atoms with Gasteiger partial charge in [0.05, 0.1) is 5.41 Å². The van der Waals surface area contributed by atoms with Gasteiger partial charge in [0, 0.05) is 0 Å². The van der Waals surface area contributed by atoms with Crippen molar-refractivity contribution in [2.75, 3.05) is 0 Å². The van der Waals surface area contributed by atoms with E-state index < -0.39 is 0 Å². The number of hydrogen-bond acceptors (Lipinski definition) is 2. The van der Waals surface area contributed by atoms with Gasteiger partial charge in [-0.25, -0.2) is 0 Å². The minimum atomic E-state index is -0.162. The maximum atomic E-state index is 13.5. The number of rotatable bonds is 3. The van der Waals surface area contributed by atoms with E-state index in [-0.39, 0.29) is 17.5 Å². The van der Waals surface area contributed by atoms with Crippen molar-refractivity contribution < 1.29 is 9.53 Å². The summed E-state index contributed by atoms with van der Waals surface area (Å²) >= 11 is 0. The molecule has 0 spiro atoms. The van der Waals surface area contributed by atoms with Gasteiger partial charge in [0.1, 0.15) is 6.10 Å². The van der Waals surface area contributed by atoms with Gasteiger partial charge in [-0.2, -0.15) is 0 Å². The van der Waals surface area contributed by atoms with Crippen molar-refractivity contribution in [2.24, 2.45) is 39.9 Å². The number of esters is 1. The van der Waals surface area contributed by atoms with Crippen molar-refractivity contribution in [2.45, 2.75) is 98.5 Å². The minimum Gasteiger partial charge on any atom is -0.462 e. The first kappa shape index (κ1) is 17.9. The predicted octanol–water partition coefficient (Wildman–Crippen LogP) is 5.99. The van der Waals surface area contributed by atoms with Crippen molar-refractivity contribution >= 4 is 5.97 Å². The fourth-order valence-electron chi connectivity index (χ4n) is 8.19. The van der Waals surface area contributed by atoms with Crippen LogP contribution in [0.2, 0.25) is 0 Å². The SMILES string of the molecule is CC1CCC(C(C)C)C(OC(=O)C23CC4CC(C)(CC(C)(C4)C2)C3)C1. The third-order valence-electron chi connectivity index (χ3n) is 8.28. The summed E-state index contributed by atoms with van der Waals surface area (Å²) in [6.07, 6.45) is 11.0. The first-order valence-electron chi connectivity index (χ1n) is 10.8. The van der Waals surface area contributed by atoms with Crippen LogP contribution in [-0.2, 0) is 9.53 Å². The summed E-state index contributed by atoms with van der Waals surface area (Å²) in [6.45, 7) is 11.8. The highest BCUT2D eigenvalue weighted by Gasteiger charge is 2.63.